The molecule has 2 aromatic rings. The van der Waals surface area contributed by atoms with Crippen LogP contribution in [0.2, 0.25) is 0 Å². The first-order chi connectivity index (χ1) is 9.74. The lowest BCUT2D eigenvalue weighted by atomic mass is 10.1. The van der Waals surface area contributed by atoms with Crippen LogP contribution in [0.15, 0.2) is 60.7 Å². The average Bonchev–Trinajstić information content (AvgIpc) is 2.47. The van der Waals surface area contributed by atoms with Gasteiger partial charge in [-0.2, -0.15) is 0 Å². The summed E-state index contributed by atoms with van der Waals surface area (Å²) < 4.78 is 0. The molecule has 0 radical (unpaired) electrons. The largest absolute Gasteiger partial charge is 0.233 e. The molecule has 2 aromatic carbocycles. The zero-order valence-electron chi connectivity index (χ0n) is 12.2. The third-order valence-electron chi connectivity index (χ3n) is 3.12. The fourth-order valence-corrected chi connectivity index (χ4v) is 2.15. The van der Waals surface area contributed by atoms with E-state index in [4.69, 9.17) is 9.78 Å². The molecule has 0 amide bonds. The molecule has 2 atom stereocenters. The van der Waals surface area contributed by atoms with Crippen molar-refractivity contribution in [3.05, 3.63) is 71.8 Å². The van der Waals surface area contributed by atoms with Gasteiger partial charge in [-0.3, -0.25) is 0 Å². The smallest absolute Gasteiger partial charge is 0.0942 e. The summed E-state index contributed by atoms with van der Waals surface area (Å²) in [6, 6.07) is 20.6. The van der Waals surface area contributed by atoms with E-state index in [9.17, 15) is 0 Å². The topological polar surface area (TPSA) is 18.5 Å². The van der Waals surface area contributed by atoms with Crippen LogP contribution in [0.1, 0.15) is 25.0 Å². The molecule has 0 aliphatic heterocycles. The highest BCUT2D eigenvalue weighted by Crippen LogP contribution is 2.10. The van der Waals surface area contributed by atoms with Crippen molar-refractivity contribution >= 4 is 0 Å². The quantitative estimate of drug-likeness (QED) is 0.554. The highest BCUT2D eigenvalue weighted by atomic mass is 17.2. The number of hydrogen-bond donors (Lipinski definition) is 0. The van der Waals surface area contributed by atoms with E-state index in [-0.39, 0.29) is 12.2 Å². The minimum Gasteiger partial charge on any atom is -0.233 e. The molecule has 0 N–H and O–H groups in total. The molecular weight excluding hydrogens is 248 g/mol. The number of hydrogen-bond acceptors (Lipinski definition) is 2. The Balaban J connectivity index is 1.71. The van der Waals surface area contributed by atoms with Gasteiger partial charge in [-0.15, -0.1) is 0 Å². The molecule has 106 valence electrons. The lowest BCUT2D eigenvalue weighted by molar-refractivity contribution is -0.343. The van der Waals surface area contributed by atoms with Crippen LogP contribution in [0.25, 0.3) is 0 Å². The molecule has 0 aliphatic rings. The Bertz CT molecular complexity index is 434. The van der Waals surface area contributed by atoms with Crippen molar-refractivity contribution in [1.29, 1.82) is 0 Å². The minimum atomic E-state index is 0.0515. The van der Waals surface area contributed by atoms with Crippen LogP contribution in [0.3, 0.4) is 0 Å². The summed E-state index contributed by atoms with van der Waals surface area (Å²) in [5, 5.41) is 0. The van der Waals surface area contributed by atoms with Gasteiger partial charge >= 0.3 is 0 Å². The molecule has 0 saturated carbocycles. The van der Waals surface area contributed by atoms with Crippen molar-refractivity contribution in [1.82, 2.24) is 0 Å². The summed E-state index contributed by atoms with van der Waals surface area (Å²) in [6.45, 7) is 4.06. The fraction of sp³-hybridized carbons (Fsp3) is 0.333. The van der Waals surface area contributed by atoms with Crippen LogP contribution in [0.4, 0.5) is 0 Å². The molecule has 0 saturated heterocycles. The van der Waals surface area contributed by atoms with Gasteiger partial charge in [-0.1, -0.05) is 60.7 Å². The highest BCUT2D eigenvalue weighted by Gasteiger charge is 2.09. The Morgan fingerprint density at radius 2 is 1.00 bits per heavy atom. The van der Waals surface area contributed by atoms with Gasteiger partial charge < -0.3 is 0 Å². The molecular formula is C18H22O2. The normalized spacial score (nSPS) is 13.9. The molecule has 2 heteroatoms. The van der Waals surface area contributed by atoms with Gasteiger partial charge in [0.2, 0.25) is 0 Å². The van der Waals surface area contributed by atoms with Crippen molar-refractivity contribution in [2.75, 3.05) is 0 Å². The van der Waals surface area contributed by atoms with Crippen molar-refractivity contribution in [3.63, 3.8) is 0 Å². The fourth-order valence-electron chi connectivity index (χ4n) is 2.15. The van der Waals surface area contributed by atoms with Crippen LogP contribution < -0.4 is 0 Å². The zero-order valence-corrected chi connectivity index (χ0v) is 12.2. The third-order valence-corrected chi connectivity index (χ3v) is 3.12. The van der Waals surface area contributed by atoms with Crippen molar-refractivity contribution in [2.45, 2.75) is 38.9 Å². The van der Waals surface area contributed by atoms with E-state index in [1.165, 1.54) is 11.1 Å². The molecule has 0 spiro atoms. The molecule has 0 fully saturated rings. The second-order valence-electron chi connectivity index (χ2n) is 5.19. The maximum absolute atomic E-state index is 5.48. The van der Waals surface area contributed by atoms with Gasteiger partial charge in [0.15, 0.2) is 0 Å². The summed E-state index contributed by atoms with van der Waals surface area (Å²) >= 11 is 0. The molecule has 0 unspecified atom stereocenters. The average molecular weight is 270 g/mol. The Labute approximate surface area is 121 Å². The predicted molar refractivity (Wildman–Crippen MR) is 81.4 cm³/mol. The van der Waals surface area contributed by atoms with Gasteiger partial charge in [0, 0.05) is 12.8 Å². The monoisotopic (exact) mass is 270 g/mol. The van der Waals surface area contributed by atoms with Gasteiger partial charge in [0.1, 0.15) is 0 Å². The predicted octanol–water partition coefficient (Wildman–Crippen LogP) is 4.20. The molecule has 0 heterocycles. The Kier molecular flexibility index (Phi) is 5.78. The Morgan fingerprint density at radius 1 is 0.650 bits per heavy atom. The van der Waals surface area contributed by atoms with Crippen molar-refractivity contribution < 1.29 is 9.78 Å². The van der Waals surface area contributed by atoms with E-state index in [0.29, 0.717) is 0 Å². The van der Waals surface area contributed by atoms with Crippen LogP contribution in [0, 0.1) is 0 Å². The summed E-state index contributed by atoms with van der Waals surface area (Å²) in [6.07, 6.45) is 1.82. The summed E-state index contributed by atoms with van der Waals surface area (Å²) in [4.78, 5) is 11.0. The van der Waals surface area contributed by atoms with Gasteiger partial charge in [-0.25, -0.2) is 9.78 Å². The van der Waals surface area contributed by atoms with E-state index in [1.807, 2.05) is 50.2 Å². The number of benzene rings is 2. The molecule has 20 heavy (non-hydrogen) atoms. The van der Waals surface area contributed by atoms with Gasteiger partial charge in [0.05, 0.1) is 12.2 Å². The third kappa shape index (κ3) is 5.16. The molecule has 0 aliphatic carbocycles. The van der Waals surface area contributed by atoms with E-state index >= 15 is 0 Å². The van der Waals surface area contributed by atoms with E-state index < -0.39 is 0 Å². The molecule has 2 rings (SSSR count). The SMILES string of the molecule is C[C@@H](Cc1ccccc1)OO[C@@H](C)Cc1ccccc1. The molecule has 0 bridgehead atoms. The highest BCUT2D eigenvalue weighted by molar-refractivity contribution is 5.16. The molecule has 2 nitrogen and oxygen atoms in total. The van der Waals surface area contributed by atoms with Crippen molar-refractivity contribution in [3.8, 4) is 0 Å². The summed E-state index contributed by atoms with van der Waals surface area (Å²) in [5.74, 6) is 0. The van der Waals surface area contributed by atoms with Crippen molar-refractivity contribution in [2.24, 2.45) is 0 Å². The Morgan fingerprint density at radius 3 is 1.35 bits per heavy atom. The Hall–Kier alpha value is -1.64. The van der Waals surface area contributed by atoms with E-state index in [0.717, 1.165) is 12.8 Å². The first-order valence-electron chi connectivity index (χ1n) is 7.14. The summed E-state index contributed by atoms with van der Waals surface area (Å²) in [5.41, 5.74) is 2.53. The zero-order chi connectivity index (χ0) is 14.2. The van der Waals surface area contributed by atoms with E-state index in [1.54, 1.807) is 0 Å². The van der Waals surface area contributed by atoms with Crippen LogP contribution in [-0.2, 0) is 22.6 Å². The standard InChI is InChI=1S/C18H22O2/c1-15(13-17-9-5-3-6-10-17)19-20-16(2)14-18-11-7-4-8-12-18/h3-12,15-16H,13-14H2,1-2H3/t15-,16-/m0/s1. The lowest BCUT2D eigenvalue weighted by Crippen LogP contribution is -2.18. The second-order valence-corrected chi connectivity index (χ2v) is 5.19. The molecule has 0 aromatic heterocycles. The van der Waals surface area contributed by atoms with E-state index in [2.05, 4.69) is 24.3 Å². The van der Waals surface area contributed by atoms with Crippen LogP contribution in [-0.4, -0.2) is 12.2 Å². The maximum Gasteiger partial charge on any atom is 0.0942 e. The minimum absolute atomic E-state index is 0.0515. The van der Waals surface area contributed by atoms with Crippen LogP contribution >= 0.6 is 0 Å². The number of rotatable bonds is 7. The summed E-state index contributed by atoms with van der Waals surface area (Å²) in [7, 11) is 0. The maximum atomic E-state index is 5.48. The lowest BCUT2D eigenvalue weighted by Gasteiger charge is -2.16. The second kappa shape index (κ2) is 7.83. The van der Waals surface area contributed by atoms with Gasteiger partial charge in [-0.05, 0) is 25.0 Å². The van der Waals surface area contributed by atoms with Gasteiger partial charge in [0.25, 0.3) is 0 Å². The van der Waals surface area contributed by atoms with Crippen LogP contribution in [0.5, 0.6) is 0 Å². The first kappa shape index (κ1) is 14.8. The first-order valence-corrected chi connectivity index (χ1v) is 7.14.